The van der Waals surface area contributed by atoms with Gasteiger partial charge in [-0.1, -0.05) is 24.3 Å². The lowest BCUT2D eigenvalue weighted by Crippen LogP contribution is -2.09. The molecule has 4 heteroatoms. The number of allylic oxidation sites excluding steroid dienone is 1. The fourth-order valence-corrected chi connectivity index (χ4v) is 3.95. The maximum atomic E-state index is 6.16. The summed E-state index contributed by atoms with van der Waals surface area (Å²) in [7, 11) is 0. The second-order valence-electron chi connectivity index (χ2n) is 5.77. The van der Waals surface area contributed by atoms with Gasteiger partial charge in [-0.2, -0.15) is 0 Å². The number of fused-ring (bicyclic) bond motifs is 2. The Labute approximate surface area is 143 Å². The van der Waals surface area contributed by atoms with Gasteiger partial charge in [-0.3, -0.25) is 0 Å². The molecule has 1 aliphatic rings. The Hall–Kier alpha value is -2.85. The lowest BCUT2D eigenvalue weighted by molar-refractivity contribution is 0.494. The molecule has 0 amide bonds. The number of nitrogens with one attached hydrogen (secondary N) is 1. The number of hydrogen-bond acceptors (Lipinski definition) is 3. The van der Waals surface area contributed by atoms with Crippen molar-refractivity contribution in [2.45, 2.75) is 5.92 Å². The fraction of sp³-hybridized carbons (Fsp3) is 0.0500. The standard InChI is InChI=1S/C20H14N2OS/c1-2-7-17-13(5-1)15(11-18(23-17)19-8-4-10-24-19)16-12-22-20-14(16)6-3-9-21-20/h1-12,15H,(H,21,22). The van der Waals surface area contributed by atoms with Crippen LogP contribution in [0.5, 0.6) is 5.75 Å². The van der Waals surface area contributed by atoms with E-state index in [1.165, 1.54) is 11.1 Å². The smallest absolute Gasteiger partial charge is 0.141 e. The van der Waals surface area contributed by atoms with E-state index < -0.39 is 0 Å². The van der Waals surface area contributed by atoms with E-state index in [2.05, 4.69) is 58.0 Å². The monoisotopic (exact) mass is 330 g/mol. The largest absolute Gasteiger partial charge is 0.456 e. The summed E-state index contributed by atoms with van der Waals surface area (Å²) in [4.78, 5) is 8.85. The van der Waals surface area contributed by atoms with Crippen LogP contribution in [0.25, 0.3) is 16.8 Å². The molecule has 4 aromatic rings. The van der Waals surface area contributed by atoms with Crippen LogP contribution in [-0.4, -0.2) is 9.97 Å². The van der Waals surface area contributed by atoms with Gasteiger partial charge < -0.3 is 9.72 Å². The van der Waals surface area contributed by atoms with Crippen LogP contribution in [0.2, 0.25) is 0 Å². The first kappa shape index (κ1) is 13.6. The minimum atomic E-state index is 0.144. The summed E-state index contributed by atoms with van der Waals surface area (Å²) >= 11 is 1.69. The molecule has 0 bridgehead atoms. The molecule has 116 valence electrons. The van der Waals surface area contributed by atoms with E-state index in [0.717, 1.165) is 27.4 Å². The third-order valence-electron chi connectivity index (χ3n) is 4.37. The van der Waals surface area contributed by atoms with E-state index in [1.54, 1.807) is 11.3 Å². The Kier molecular flexibility index (Phi) is 3.03. The molecule has 5 rings (SSSR count). The number of pyridine rings is 1. The predicted octanol–water partition coefficient (Wildman–Crippen LogP) is 5.19. The van der Waals surface area contributed by atoms with E-state index in [0.29, 0.717) is 0 Å². The Morgan fingerprint density at radius 3 is 2.88 bits per heavy atom. The number of thiophene rings is 1. The predicted molar refractivity (Wildman–Crippen MR) is 97.3 cm³/mol. The number of para-hydroxylation sites is 1. The zero-order valence-electron chi connectivity index (χ0n) is 12.8. The van der Waals surface area contributed by atoms with E-state index in [4.69, 9.17) is 4.74 Å². The topological polar surface area (TPSA) is 37.9 Å². The van der Waals surface area contributed by atoms with Crippen LogP contribution in [0.15, 0.2) is 72.4 Å². The Bertz CT molecular complexity index is 1050. The van der Waals surface area contributed by atoms with Crippen molar-refractivity contribution in [3.8, 4) is 5.75 Å². The van der Waals surface area contributed by atoms with E-state index in [-0.39, 0.29) is 5.92 Å². The van der Waals surface area contributed by atoms with Gasteiger partial charge >= 0.3 is 0 Å². The maximum absolute atomic E-state index is 6.16. The zero-order chi connectivity index (χ0) is 15.9. The number of hydrogen-bond donors (Lipinski definition) is 1. The van der Waals surface area contributed by atoms with Crippen molar-refractivity contribution in [2.24, 2.45) is 0 Å². The number of H-pyrrole nitrogens is 1. The van der Waals surface area contributed by atoms with Crippen LogP contribution in [0.1, 0.15) is 21.9 Å². The maximum Gasteiger partial charge on any atom is 0.141 e. The van der Waals surface area contributed by atoms with Crippen LogP contribution < -0.4 is 4.74 Å². The van der Waals surface area contributed by atoms with Crippen molar-refractivity contribution < 1.29 is 4.74 Å². The van der Waals surface area contributed by atoms with Gasteiger partial charge in [0.25, 0.3) is 0 Å². The molecule has 24 heavy (non-hydrogen) atoms. The number of aromatic amines is 1. The molecular weight excluding hydrogens is 316 g/mol. The normalized spacial score (nSPS) is 16.5. The van der Waals surface area contributed by atoms with Crippen LogP contribution in [0.3, 0.4) is 0 Å². The summed E-state index contributed by atoms with van der Waals surface area (Å²) in [5.41, 5.74) is 3.33. The Balaban J connectivity index is 1.73. The molecular formula is C20H14N2OS. The first-order chi connectivity index (χ1) is 11.9. The number of rotatable bonds is 2. The summed E-state index contributed by atoms with van der Waals surface area (Å²) in [6, 6.07) is 16.5. The van der Waals surface area contributed by atoms with Gasteiger partial charge in [-0.05, 0) is 41.3 Å². The van der Waals surface area contributed by atoms with Crippen LogP contribution in [0.4, 0.5) is 0 Å². The zero-order valence-corrected chi connectivity index (χ0v) is 13.6. The average molecular weight is 330 g/mol. The highest BCUT2D eigenvalue weighted by atomic mass is 32.1. The van der Waals surface area contributed by atoms with Crippen LogP contribution in [-0.2, 0) is 0 Å². The number of nitrogens with zero attached hydrogens (tertiary/aromatic N) is 1. The summed E-state index contributed by atoms with van der Waals surface area (Å²) in [5.74, 6) is 1.99. The van der Waals surface area contributed by atoms with Crippen molar-refractivity contribution in [1.29, 1.82) is 0 Å². The molecule has 0 aliphatic carbocycles. The quantitative estimate of drug-likeness (QED) is 0.549. The van der Waals surface area contributed by atoms with Gasteiger partial charge in [0.15, 0.2) is 0 Å². The van der Waals surface area contributed by atoms with E-state index in [1.807, 2.05) is 24.4 Å². The number of benzene rings is 1. The highest BCUT2D eigenvalue weighted by Crippen LogP contribution is 2.43. The van der Waals surface area contributed by atoms with Crippen LogP contribution in [0, 0.1) is 0 Å². The molecule has 1 N–H and O–H groups in total. The summed E-state index contributed by atoms with van der Waals surface area (Å²) in [5, 5.41) is 3.23. The number of aromatic nitrogens is 2. The first-order valence-corrected chi connectivity index (χ1v) is 8.72. The van der Waals surface area contributed by atoms with Gasteiger partial charge in [-0.25, -0.2) is 4.98 Å². The minimum Gasteiger partial charge on any atom is -0.456 e. The van der Waals surface area contributed by atoms with Crippen molar-refractivity contribution in [2.75, 3.05) is 0 Å². The summed E-state index contributed by atoms with van der Waals surface area (Å²) in [6.45, 7) is 0. The minimum absolute atomic E-state index is 0.144. The average Bonchev–Trinajstić information content (AvgIpc) is 3.31. The van der Waals surface area contributed by atoms with Gasteiger partial charge in [0, 0.05) is 29.3 Å². The SMILES string of the molecule is C1=C(c2cccs2)Oc2ccccc2C1c1c[nH]c2ncccc12. The molecule has 3 nitrogen and oxygen atoms in total. The second kappa shape index (κ2) is 5.35. The molecule has 1 aromatic carbocycles. The van der Waals surface area contributed by atoms with Gasteiger partial charge in [0.2, 0.25) is 0 Å². The molecule has 1 aliphatic heterocycles. The molecule has 1 atom stereocenters. The molecule has 3 aromatic heterocycles. The van der Waals surface area contributed by atoms with Gasteiger partial charge in [0.05, 0.1) is 4.88 Å². The van der Waals surface area contributed by atoms with Crippen molar-refractivity contribution in [3.05, 3.63) is 88.4 Å². The number of ether oxygens (including phenoxy) is 1. The van der Waals surface area contributed by atoms with Gasteiger partial charge in [0.1, 0.15) is 17.2 Å². The first-order valence-electron chi connectivity index (χ1n) is 7.84. The summed E-state index contributed by atoms with van der Waals surface area (Å²) < 4.78 is 6.16. The highest BCUT2D eigenvalue weighted by molar-refractivity contribution is 7.11. The van der Waals surface area contributed by atoms with Crippen molar-refractivity contribution >= 4 is 28.1 Å². The van der Waals surface area contributed by atoms with Crippen molar-refractivity contribution in [3.63, 3.8) is 0 Å². The Morgan fingerprint density at radius 1 is 1.00 bits per heavy atom. The molecule has 4 heterocycles. The molecule has 0 saturated carbocycles. The third-order valence-corrected chi connectivity index (χ3v) is 5.26. The molecule has 0 spiro atoms. The fourth-order valence-electron chi connectivity index (χ4n) is 3.27. The third kappa shape index (κ3) is 2.07. The Morgan fingerprint density at radius 2 is 1.96 bits per heavy atom. The van der Waals surface area contributed by atoms with Crippen molar-refractivity contribution in [1.82, 2.24) is 9.97 Å². The van der Waals surface area contributed by atoms with Crippen LogP contribution >= 0.6 is 11.3 Å². The highest BCUT2D eigenvalue weighted by Gasteiger charge is 2.26. The molecule has 1 unspecified atom stereocenters. The van der Waals surface area contributed by atoms with E-state index >= 15 is 0 Å². The molecule has 0 fully saturated rings. The molecule has 0 saturated heterocycles. The second-order valence-corrected chi connectivity index (χ2v) is 6.72. The lowest BCUT2D eigenvalue weighted by atomic mass is 9.88. The lowest BCUT2D eigenvalue weighted by Gasteiger charge is -2.24. The summed E-state index contributed by atoms with van der Waals surface area (Å²) in [6.07, 6.45) is 6.09. The van der Waals surface area contributed by atoms with E-state index in [9.17, 15) is 0 Å². The molecule has 0 radical (unpaired) electrons. The van der Waals surface area contributed by atoms with Gasteiger partial charge in [-0.15, -0.1) is 11.3 Å².